The molecule has 1 atom stereocenters. The van der Waals surface area contributed by atoms with E-state index in [0.717, 1.165) is 33.3 Å². The minimum absolute atomic E-state index is 0.228. The number of carbonyl (C=O) groups is 1. The fourth-order valence-corrected chi connectivity index (χ4v) is 3.07. The number of hydrogen-bond acceptors (Lipinski definition) is 3. The number of rotatable bonds is 2. The van der Waals surface area contributed by atoms with Gasteiger partial charge in [0.25, 0.3) is 0 Å². The number of amides is 1. The highest BCUT2D eigenvalue weighted by atomic mass is 16.5. The van der Waals surface area contributed by atoms with Gasteiger partial charge in [-0.1, -0.05) is 30.3 Å². The van der Waals surface area contributed by atoms with Crippen LogP contribution < -0.4 is 10.1 Å². The lowest BCUT2D eigenvalue weighted by Gasteiger charge is -2.26. The number of carboxylic acid groups (broad SMARTS) is 1. The van der Waals surface area contributed by atoms with Crippen molar-refractivity contribution in [3.63, 3.8) is 0 Å². The highest BCUT2D eigenvalue weighted by Crippen LogP contribution is 2.37. The summed E-state index contributed by atoms with van der Waals surface area (Å²) in [7, 11) is 0. The number of hydrogen-bond donors (Lipinski definition) is 3. The summed E-state index contributed by atoms with van der Waals surface area (Å²) in [4.78, 5) is 10.9. The number of nitrogens with one attached hydrogen (secondary N) is 2. The Morgan fingerprint density at radius 3 is 3.13 bits per heavy atom. The average Bonchev–Trinajstić information content (AvgIpc) is 3.02. The maximum Gasteiger partial charge on any atom is 0.405 e. The summed E-state index contributed by atoms with van der Waals surface area (Å²) in [6, 6.07) is 11.7. The zero-order valence-corrected chi connectivity index (χ0v) is 12.2. The van der Waals surface area contributed by atoms with E-state index in [-0.39, 0.29) is 6.04 Å². The van der Waals surface area contributed by atoms with E-state index >= 15 is 0 Å². The van der Waals surface area contributed by atoms with E-state index in [4.69, 9.17) is 9.84 Å². The lowest BCUT2D eigenvalue weighted by atomic mass is 9.96. The van der Waals surface area contributed by atoms with Crippen molar-refractivity contribution in [2.45, 2.75) is 12.5 Å². The molecule has 0 radical (unpaired) electrons. The Morgan fingerprint density at radius 2 is 2.26 bits per heavy atom. The van der Waals surface area contributed by atoms with Crippen molar-refractivity contribution in [3.8, 4) is 16.9 Å². The van der Waals surface area contributed by atoms with Crippen LogP contribution in [0, 0.1) is 0 Å². The van der Waals surface area contributed by atoms with Crippen LogP contribution >= 0.6 is 0 Å². The fourth-order valence-electron chi connectivity index (χ4n) is 3.07. The Morgan fingerprint density at radius 1 is 1.35 bits per heavy atom. The smallest absolute Gasteiger partial charge is 0.405 e. The van der Waals surface area contributed by atoms with Crippen molar-refractivity contribution < 1.29 is 14.6 Å². The Hall–Kier alpha value is -3.02. The predicted molar refractivity (Wildman–Crippen MR) is 85.5 cm³/mol. The molecular weight excluding hydrogens is 294 g/mol. The van der Waals surface area contributed by atoms with E-state index in [0.29, 0.717) is 13.0 Å². The molecule has 0 saturated heterocycles. The number of nitrogens with zero attached hydrogens (tertiary/aromatic N) is 1. The molecule has 1 aromatic heterocycles. The van der Waals surface area contributed by atoms with Crippen molar-refractivity contribution in [1.29, 1.82) is 0 Å². The number of fused-ring (bicyclic) bond motifs is 2. The molecule has 23 heavy (non-hydrogen) atoms. The van der Waals surface area contributed by atoms with E-state index in [2.05, 4.69) is 15.5 Å². The van der Waals surface area contributed by atoms with Gasteiger partial charge >= 0.3 is 6.09 Å². The third kappa shape index (κ3) is 2.38. The van der Waals surface area contributed by atoms with E-state index in [1.165, 1.54) is 0 Å². The molecule has 6 heteroatoms. The zero-order chi connectivity index (χ0) is 15.8. The van der Waals surface area contributed by atoms with Gasteiger partial charge in [0.15, 0.2) is 0 Å². The Bertz CT molecular complexity index is 888. The van der Waals surface area contributed by atoms with Crippen LogP contribution in [0.1, 0.15) is 18.0 Å². The van der Waals surface area contributed by atoms with Gasteiger partial charge in [0, 0.05) is 22.9 Å². The second-order valence-electron chi connectivity index (χ2n) is 5.53. The standard InChI is InChI=1S/C17H15N3O3/c21-17(22)19-14-6-7-23-15-8-10(4-5-13(14)15)12-3-1-2-11-9-18-20-16(11)12/h1-5,8-9,14,19H,6-7H2,(H,18,20)(H,21,22). The van der Waals surface area contributed by atoms with Gasteiger partial charge in [-0.05, 0) is 11.6 Å². The molecule has 1 amide bonds. The summed E-state index contributed by atoms with van der Waals surface area (Å²) in [5.41, 5.74) is 3.90. The van der Waals surface area contributed by atoms with Crippen LogP contribution in [0.15, 0.2) is 42.6 Å². The maximum absolute atomic E-state index is 10.9. The minimum Gasteiger partial charge on any atom is -0.493 e. The molecule has 2 heterocycles. The monoisotopic (exact) mass is 309 g/mol. The molecule has 116 valence electrons. The van der Waals surface area contributed by atoms with Gasteiger partial charge in [-0.25, -0.2) is 4.79 Å². The largest absolute Gasteiger partial charge is 0.493 e. The summed E-state index contributed by atoms with van der Waals surface area (Å²) in [5, 5.41) is 19.7. The van der Waals surface area contributed by atoms with E-state index < -0.39 is 6.09 Å². The molecule has 1 unspecified atom stereocenters. The first-order valence-electron chi connectivity index (χ1n) is 7.41. The van der Waals surface area contributed by atoms with Crippen molar-refractivity contribution in [3.05, 3.63) is 48.2 Å². The van der Waals surface area contributed by atoms with E-state index in [9.17, 15) is 4.79 Å². The third-order valence-electron chi connectivity index (χ3n) is 4.14. The number of aromatic amines is 1. The molecule has 1 aliphatic heterocycles. The van der Waals surface area contributed by atoms with Crippen LogP contribution in [0.5, 0.6) is 5.75 Å². The summed E-state index contributed by atoms with van der Waals surface area (Å²) in [6.07, 6.45) is 1.41. The van der Waals surface area contributed by atoms with Crippen molar-refractivity contribution in [1.82, 2.24) is 15.5 Å². The van der Waals surface area contributed by atoms with E-state index in [1.807, 2.05) is 36.4 Å². The van der Waals surface area contributed by atoms with E-state index in [1.54, 1.807) is 6.20 Å². The Balaban J connectivity index is 1.78. The molecule has 0 bridgehead atoms. The number of aromatic nitrogens is 2. The molecule has 2 aromatic carbocycles. The number of H-pyrrole nitrogens is 1. The Labute approximate surface area is 132 Å². The van der Waals surface area contributed by atoms with Crippen LogP contribution in [0.3, 0.4) is 0 Å². The van der Waals surface area contributed by atoms with Gasteiger partial charge in [-0.15, -0.1) is 0 Å². The highest BCUT2D eigenvalue weighted by molar-refractivity contribution is 5.93. The lowest BCUT2D eigenvalue weighted by molar-refractivity contribution is 0.182. The van der Waals surface area contributed by atoms with Crippen LogP contribution in [-0.2, 0) is 0 Å². The SMILES string of the molecule is O=C(O)NC1CCOc2cc(-c3cccc4cn[nH]c34)ccc21. The van der Waals surface area contributed by atoms with Crippen LogP contribution in [0.2, 0.25) is 0 Å². The fraction of sp³-hybridized carbons (Fsp3) is 0.176. The van der Waals surface area contributed by atoms with Crippen LogP contribution in [0.4, 0.5) is 4.79 Å². The molecule has 3 aromatic rings. The molecule has 4 rings (SSSR count). The molecule has 1 aliphatic rings. The lowest BCUT2D eigenvalue weighted by Crippen LogP contribution is -2.30. The summed E-state index contributed by atoms with van der Waals surface area (Å²) in [6.45, 7) is 0.496. The first-order chi connectivity index (χ1) is 11.2. The van der Waals surface area contributed by atoms with Crippen molar-refractivity contribution in [2.24, 2.45) is 0 Å². The first-order valence-corrected chi connectivity index (χ1v) is 7.41. The van der Waals surface area contributed by atoms with Gasteiger partial charge in [0.2, 0.25) is 0 Å². The maximum atomic E-state index is 10.9. The zero-order valence-electron chi connectivity index (χ0n) is 12.2. The first kappa shape index (κ1) is 13.6. The minimum atomic E-state index is -1.02. The molecule has 0 fully saturated rings. The Kier molecular flexibility index (Phi) is 3.15. The van der Waals surface area contributed by atoms with Gasteiger partial charge in [0.1, 0.15) is 5.75 Å². The molecule has 3 N–H and O–H groups in total. The van der Waals surface area contributed by atoms with Crippen LogP contribution in [0.25, 0.3) is 22.0 Å². The summed E-state index contributed by atoms with van der Waals surface area (Å²) >= 11 is 0. The molecular formula is C17H15N3O3. The second kappa shape index (κ2) is 5.31. The normalized spacial score (nSPS) is 16.6. The second-order valence-corrected chi connectivity index (χ2v) is 5.53. The molecule has 0 saturated carbocycles. The molecule has 0 aliphatic carbocycles. The van der Waals surface area contributed by atoms with Crippen molar-refractivity contribution in [2.75, 3.05) is 6.61 Å². The average molecular weight is 309 g/mol. The topological polar surface area (TPSA) is 87.2 Å². The number of para-hydroxylation sites is 1. The quantitative estimate of drug-likeness (QED) is 0.677. The van der Waals surface area contributed by atoms with Gasteiger partial charge in [0.05, 0.1) is 24.4 Å². The van der Waals surface area contributed by atoms with Crippen molar-refractivity contribution >= 4 is 17.0 Å². The third-order valence-corrected chi connectivity index (χ3v) is 4.14. The van der Waals surface area contributed by atoms with Gasteiger partial charge in [-0.2, -0.15) is 5.10 Å². The van der Waals surface area contributed by atoms with Gasteiger partial charge < -0.3 is 15.2 Å². The molecule has 0 spiro atoms. The van der Waals surface area contributed by atoms with Crippen LogP contribution in [-0.4, -0.2) is 28.0 Å². The number of benzene rings is 2. The summed E-state index contributed by atoms with van der Waals surface area (Å²) < 4.78 is 5.73. The number of ether oxygens (including phenoxy) is 1. The summed E-state index contributed by atoms with van der Waals surface area (Å²) in [5.74, 6) is 0.726. The van der Waals surface area contributed by atoms with Gasteiger partial charge in [-0.3, -0.25) is 5.10 Å². The molecule has 6 nitrogen and oxygen atoms in total. The highest BCUT2D eigenvalue weighted by Gasteiger charge is 2.23. The predicted octanol–water partition coefficient (Wildman–Crippen LogP) is 3.32.